The summed E-state index contributed by atoms with van der Waals surface area (Å²) in [6.07, 6.45) is 2.41. The summed E-state index contributed by atoms with van der Waals surface area (Å²) in [4.78, 5) is 16.1. The molecule has 0 radical (unpaired) electrons. The molecule has 5 heteroatoms. The van der Waals surface area contributed by atoms with E-state index in [9.17, 15) is 4.79 Å². The van der Waals surface area contributed by atoms with Gasteiger partial charge in [0.1, 0.15) is 5.82 Å². The first kappa shape index (κ1) is 15.8. The van der Waals surface area contributed by atoms with Crippen LogP contribution in [0.3, 0.4) is 0 Å². The topological polar surface area (TPSA) is 80.0 Å². The van der Waals surface area contributed by atoms with Gasteiger partial charge in [-0.15, -0.1) is 0 Å². The Morgan fingerprint density at radius 3 is 2.86 bits per heavy atom. The number of carbonyl (C=O) groups excluding carboxylic acids is 1. The number of nitrogens with two attached hydrogens (primary N) is 1. The molecule has 1 fully saturated rings. The molecule has 2 rings (SSSR count). The summed E-state index contributed by atoms with van der Waals surface area (Å²) in [5.74, 6) is 0.168. The summed E-state index contributed by atoms with van der Waals surface area (Å²) in [6, 6.07) is 2.24. The number of aromatic nitrogens is 1. The van der Waals surface area contributed by atoms with E-state index >= 15 is 0 Å². The monoisotopic (exact) mass is 290 g/mol. The smallest absolute Gasteiger partial charge is 0.252 e. The number of anilines is 1. The molecule has 0 saturated carbocycles. The van der Waals surface area contributed by atoms with Crippen molar-refractivity contribution >= 4 is 11.7 Å². The summed E-state index contributed by atoms with van der Waals surface area (Å²) in [5, 5.41) is 6.88. The van der Waals surface area contributed by atoms with E-state index in [4.69, 9.17) is 5.73 Å². The Balaban J connectivity index is 2.18. The third-order valence-electron chi connectivity index (χ3n) is 4.40. The number of aryl methyl sites for hydroxylation is 2. The predicted octanol–water partition coefficient (Wildman–Crippen LogP) is 1.99. The normalized spacial score (nSPS) is 21.0. The van der Waals surface area contributed by atoms with Gasteiger partial charge in [0.2, 0.25) is 0 Å². The minimum atomic E-state index is -0.432. The lowest BCUT2D eigenvalue weighted by Gasteiger charge is -2.39. The van der Waals surface area contributed by atoms with Crippen molar-refractivity contribution in [3.8, 4) is 0 Å². The van der Waals surface area contributed by atoms with E-state index in [1.54, 1.807) is 0 Å². The van der Waals surface area contributed by atoms with Crippen molar-refractivity contribution in [1.82, 2.24) is 10.3 Å². The van der Waals surface area contributed by atoms with Gasteiger partial charge in [0.05, 0.1) is 5.56 Å². The molecular formula is C16H26N4O. The Kier molecular flexibility index (Phi) is 4.52. The highest BCUT2D eigenvalue weighted by molar-refractivity contribution is 5.99. The van der Waals surface area contributed by atoms with Crippen LogP contribution >= 0.6 is 0 Å². The van der Waals surface area contributed by atoms with Crippen molar-refractivity contribution in [1.29, 1.82) is 0 Å². The molecule has 5 nitrogen and oxygen atoms in total. The van der Waals surface area contributed by atoms with E-state index < -0.39 is 5.91 Å². The molecule has 21 heavy (non-hydrogen) atoms. The second-order valence-corrected chi connectivity index (χ2v) is 6.65. The Labute approximate surface area is 126 Å². The van der Waals surface area contributed by atoms with Crippen molar-refractivity contribution in [2.24, 2.45) is 11.1 Å². The van der Waals surface area contributed by atoms with E-state index in [1.807, 2.05) is 19.9 Å². The van der Waals surface area contributed by atoms with Gasteiger partial charge in [0.15, 0.2) is 0 Å². The molecule has 1 aliphatic rings. The maximum Gasteiger partial charge on any atom is 0.252 e. The number of pyridine rings is 1. The molecule has 1 aromatic heterocycles. The zero-order chi connectivity index (χ0) is 15.6. The number of nitrogens with one attached hydrogen (secondary N) is 2. The molecule has 1 saturated heterocycles. The van der Waals surface area contributed by atoms with Crippen molar-refractivity contribution in [2.45, 2.75) is 46.6 Å². The molecule has 1 unspecified atom stereocenters. The van der Waals surface area contributed by atoms with Crippen molar-refractivity contribution in [3.63, 3.8) is 0 Å². The van der Waals surface area contributed by atoms with Crippen LogP contribution in [0.5, 0.6) is 0 Å². The third-order valence-corrected chi connectivity index (χ3v) is 4.40. The number of hydrogen-bond donors (Lipinski definition) is 3. The molecule has 1 aliphatic heterocycles. The highest BCUT2D eigenvalue weighted by Gasteiger charge is 2.32. The van der Waals surface area contributed by atoms with Crippen LogP contribution in [-0.4, -0.2) is 30.0 Å². The third kappa shape index (κ3) is 3.53. The van der Waals surface area contributed by atoms with Crippen LogP contribution in [0.4, 0.5) is 5.82 Å². The van der Waals surface area contributed by atoms with E-state index in [0.29, 0.717) is 17.4 Å². The summed E-state index contributed by atoms with van der Waals surface area (Å²) in [7, 11) is 0. The van der Waals surface area contributed by atoms with Gasteiger partial charge < -0.3 is 16.4 Å². The highest BCUT2D eigenvalue weighted by Crippen LogP contribution is 2.30. The lowest BCUT2D eigenvalue weighted by atomic mass is 9.77. The van der Waals surface area contributed by atoms with Gasteiger partial charge in [0.25, 0.3) is 5.91 Å². The summed E-state index contributed by atoms with van der Waals surface area (Å²) in [5.41, 5.74) is 7.97. The lowest BCUT2D eigenvalue weighted by molar-refractivity contribution is 0.1000. The minimum Gasteiger partial charge on any atom is -0.368 e. The number of amides is 1. The Bertz CT molecular complexity index is 539. The van der Waals surface area contributed by atoms with E-state index in [-0.39, 0.29) is 5.41 Å². The van der Waals surface area contributed by atoms with Crippen molar-refractivity contribution < 1.29 is 4.79 Å². The molecule has 1 aromatic rings. The average Bonchev–Trinajstić information content (AvgIpc) is 2.35. The van der Waals surface area contributed by atoms with Gasteiger partial charge in [-0.2, -0.15) is 0 Å². The lowest BCUT2D eigenvalue weighted by Crippen LogP contribution is -2.50. The number of nitrogens with zero attached hydrogens (tertiary/aromatic N) is 1. The predicted molar refractivity (Wildman–Crippen MR) is 85.5 cm³/mol. The van der Waals surface area contributed by atoms with Gasteiger partial charge >= 0.3 is 0 Å². The van der Waals surface area contributed by atoms with Gasteiger partial charge in [0, 0.05) is 18.3 Å². The zero-order valence-electron chi connectivity index (χ0n) is 13.4. The molecule has 2 heterocycles. The minimum absolute atomic E-state index is 0.233. The van der Waals surface area contributed by atoms with E-state index in [1.165, 1.54) is 12.8 Å². The number of carbonyl (C=O) groups is 1. The maximum absolute atomic E-state index is 11.7. The van der Waals surface area contributed by atoms with Crippen LogP contribution in [-0.2, 0) is 0 Å². The van der Waals surface area contributed by atoms with Crippen molar-refractivity contribution in [2.75, 3.05) is 18.4 Å². The van der Waals surface area contributed by atoms with Crippen LogP contribution in [0.1, 0.15) is 48.3 Å². The molecule has 1 amide bonds. The number of piperidine rings is 1. The number of hydrogen-bond acceptors (Lipinski definition) is 4. The summed E-state index contributed by atoms with van der Waals surface area (Å²) < 4.78 is 0. The van der Waals surface area contributed by atoms with Gasteiger partial charge in [-0.1, -0.05) is 13.8 Å². The molecule has 116 valence electrons. The van der Waals surface area contributed by atoms with Crippen LogP contribution in [0.25, 0.3) is 0 Å². The SMILES string of the molecule is Cc1cc(C)c(C(N)=O)c(NCC2NCCCC2(C)C)n1. The number of rotatable bonds is 4. The fraction of sp³-hybridized carbons (Fsp3) is 0.625. The maximum atomic E-state index is 11.7. The first-order chi connectivity index (χ1) is 9.81. The Morgan fingerprint density at radius 1 is 1.52 bits per heavy atom. The van der Waals surface area contributed by atoms with E-state index in [2.05, 4.69) is 29.5 Å². The molecule has 0 bridgehead atoms. The van der Waals surface area contributed by atoms with Crippen LogP contribution in [0.15, 0.2) is 6.07 Å². The zero-order valence-corrected chi connectivity index (χ0v) is 13.4. The van der Waals surface area contributed by atoms with E-state index in [0.717, 1.165) is 24.3 Å². The summed E-state index contributed by atoms with van der Waals surface area (Å²) in [6.45, 7) is 10.1. The van der Waals surface area contributed by atoms with Crippen molar-refractivity contribution in [3.05, 3.63) is 22.9 Å². The van der Waals surface area contributed by atoms with Gasteiger partial charge in [-0.3, -0.25) is 4.79 Å². The fourth-order valence-corrected chi connectivity index (χ4v) is 3.09. The Hall–Kier alpha value is -1.62. The van der Waals surface area contributed by atoms with Crippen LogP contribution in [0.2, 0.25) is 0 Å². The summed E-state index contributed by atoms with van der Waals surface area (Å²) >= 11 is 0. The fourth-order valence-electron chi connectivity index (χ4n) is 3.09. The quantitative estimate of drug-likeness (QED) is 0.792. The average molecular weight is 290 g/mol. The molecular weight excluding hydrogens is 264 g/mol. The molecule has 0 spiro atoms. The van der Waals surface area contributed by atoms with Gasteiger partial charge in [-0.05, 0) is 50.3 Å². The molecule has 0 aliphatic carbocycles. The first-order valence-electron chi connectivity index (χ1n) is 7.56. The van der Waals surface area contributed by atoms with Crippen LogP contribution in [0, 0.1) is 19.3 Å². The van der Waals surface area contributed by atoms with Gasteiger partial charge in [-0.25, -0.2) is 4.98 Å². The molecule has 1 atom stereocenters. The molecule has 4 N–H and O–H groups in total. The Morgan fingerprint density at radius 2 is 2.24 bits per heavy atom. The standard InChI is InChI=1S/C16H26N4O/c1-10-8-11(2)20-15(13(10)14(17)21)19-9-12-16(3,4)6-5-7-18-12/h8,12,18H,5-7,9H2,1-4H3,(H2,17,21)(H,19,20). The largest absolute Gasteiger partial charge is 0.368 e. The second-order valence-electron chi connectivity index (χ2n) is 6.65. The first-order valence-corrected chi connectivity index (χ1v) is 7.56. The molecule has 0 aromatic carbocycles. The number of primary amides is 1. The second kappa shape index (κ2) is 6.02. The van der Waals surface area contributed by atoms with Crippen LogP contribution < -0.4 is 16.4 Å². The highest BCUT2D eigenvalue weighted by atomic mass is 16.1.